The number of hydrogen-bond donors (Lipinski definition) is 1. The molecule has 8 heteroatoms. The standard InChI is InChI=1S/C28H26BrNO6/c1-17-15-19(7-12-23(17)29)26(31)24-25(18-5-4-6-22(16-18)35-3)30(28(33)27(24)32)13-14-36-21-10-8-20(34-2)9-11-21/h4-12,15-16,25,31H,13-14H2,1-3H3/b26-24-. The molecule has 0 aromatic heterocycles. The van der Waals surface area contributed by atoms with Gasteiger partial charge in [-0.15, -0.1) is 0 Å². The average molecular weight is 552 g/mol. The lowest BCUT2D eigenvalue weighted by atomic mass is 9.94. The molecule has 4 rings (SSSR count). The average Bonchev–Trinajstić information content (AvgIpc) is 3.15. The number of ether oxygens (including phenoxy) is 3. The minimum absolute atomic E-state index is 0.0272. The number of aliphatic hydroxyl groups excluding tert-OH is 1. The summed E-state index contributed by atoms with van der Waals surface area (Å²) < 4.78 is 17.2. The fraction of sp³-hybridized carbons (Fsp3) is 0.214. The van der Waals surface area contributed by atoms with Crippen molar-refractivity contribution in [2.24, 2.45) is 0 Å². The summed E-state index contributed by atoms with van der Waals surface area (Å²) in [7, 11) is 3.13. The number of aryl methyl sites for hydroxylation is 1. The molecule has 0 bridgehead atoms. The molecule has 36 heavy (non-hydrogen) atoms. The number of aliphatic hydroxyl groups is 1. The van der Waals surface area contributed by atoms with Crippen molar-refractivity contribution in [2.45, 2.75) is 13.0 Å². The Labute approximate surface area is 218 Å². The molecule has 7 nitrogen and oxygen atoms in total. The van der Waals surface area contributed by atoms with Crippen LogP contribution in [0.5, 0.6) is 17.2 Å². The number of ketones is 1. The van der Waals surface area contributed by atoms with E-state index in [-0.39, 0.29) is 24.5 Å². The fourth-order valence-corrected chi connectivity index (χ4v) is 4.40. The lowest BCUT2D eigenvalue weighted by Crippen LogP contribution is -2.33. The topological polar surface area (TPSA) is 85.3 Å². The first-order chi connectivity index (χ1) is 17.3. The third-order valence-corrected chi connectivity index (χ3v) is 6.93. The van der Waals surface area contributed by atoms with E-state index in [0.717, 1.165) is 10.0 Å². The van der Waals surface area contributed by atoms with E-state index < -0.39 is 17.7 Å². The van der Waals surface area contributed by atoms with Crippen molar-refractivity contribution in [3.8, 4) is 17.2 Å². The Hall–Kier alpha value is -3.78. The van der Waals surface area contributed by atoms with Crippen LogP contribution in [0.25, 0.3) is 5.76 Å². The summed E-state index contributed by atoms with van der Waals surface area (Å²) in [5, 5.41) is 11.2. The smallest absolute Gasteiger partial charge is 0.295 e. The van der Waals surface area contributed by atoms with Gasteiger partial charge in [0.15, 0.2) is 0 Å². The Morgan fingerprint density at radius 2 is 1.64 bits per heavy atom. The van der Waals surface area contributed by atoms with Gasteiger partial charge in [0.05, 0.1) is 32.4 Å². The highest BCUT2D eigenvalue weighted by Crippen LogP contribution is 2.40. The first kappa shape index (κ1) is 25.3. The van der Waals surface area contributed by atoms with Crippen LogP contribution >= 0.6 is 15.9 Å². The van der Waals surface area contributed by atoms with Gasteiger partial charge in [0.25, 0.3) is 11.7 Å². The Morgan fingerprint density at radius 1 is 0.944 bits per heavy atom. The second-order valence-electron chi connectivity index (χ2n) is 8.26. The van der Waals surface area contributed by atoms with Crippen molar-refractivity contribution in [3.63, 3.8) is 0 Å². The number of rotatable bonds is 8. The summed E-state index contributed by atoms with van der Waals surface area (Å²) in [4.78, 5) is 27.8. The fourth-order valence-electron chi connectivity index (χ4n) is 4.15. The predicted octanol–water partition coefficient (Wildman–Crippen LogP) is 5.28. The van der Waals surface area contributed by atoms with Crippen molar-refractivity contribution in [1.29, 1.82) is 0 Å². The van der Waals surface area contributed by atoms with E-state index in [9.17, 15) is 14.7 Å². The first-order valence-electron chi connectivity index (χ1n) is 11.3. The van der Waals surface area contributed by atoms with Crippen LogP contribution in [-0.4, -0.2) is 49.1 Å². The third-order valence-electron chi connectivity index (χ3n) is 6.04. The zero-order valence-electron chi connectivity index (χ0n) is 20.2. The number of carbonyl (C=O) groups excluding carboxylic acids is 2. The number of likely N-dealkylation sites (tertiary alicyclic amines) is 1. The molecule has 3 aromatic carbocycles. The zero-order valence-corrected chi connectivity index (χ0v) is 21.7. The lowest BCUT2D eigenvalue weighted by molar-refractivity contribution is -0.140. The molecule has 1 saturated heterocycles. The summed E-state index contributed by atoms with van der Waals surface area (Å²) >= 11 is 3.45. The number of carbonyl (C=O) groups is 2. The van der Waals surface area contributed by atoms with Crippen molar-refractivity contribution >= 4 is 33.4 Å². The van der Waals surface area contributed by atoms with Gasteiger partial charge in [0.1, 0.15) is 29.6 Å². The maximum absolute atomic E-state index is 13.2. The van der Waals surface area contributed by atoms with Gasteiger partial charge in [-0.2, -0.15) is 0 Å². The van der Waals surface area contributed by atoms with Crippen LogP contribution in [0.15, 0.2) is 76.8 Å². The van der Waals surface area contributed by atoms with Gasteiger partial charge >= 0.3 is 0 Å². The molecule has 1 fully saturated rings. The third kappa shape index (κ3) is 5.09. The Kier molecular flexibility index (Phi) is 7.64. The van der Waals surface area contributed by atoms with E-state index in [1.807, 2.05) is 6.92 Å². The molecule has 1 aliphatic heterocycles. The highest BCUT2D eigenvalue weighted by molar-refractivity contribution is 9.10. The first-order valence-corrected chi connectivity index (χ1v) is 12.1. The van der Waals surface area contributed by atoms with Crippen LogP contribution in [-0.2, 0) is 9.59 Å². The number of Topliss-reactive ketones (excluding diaryl/α,β-unsaturated/α-hetero) is 1. The van der Waals surface area contributed by atoms with E-state index >= 15 is 0 Å². The maximum atomic E-state index is 13.2. The molecular formula is C28H26BrNO6. The van der Waals surface area contributed by atoms with Crippen LogP contribution in [0.2, 0.25) is 0 Å². The number of halogens is 1. The van der Waals surface area contributed by atoms with Crippen LogP contribution in [0.4, 0.5) is 0 Å². The van der Waals surface area contributed by atoms with Crippen LogP contribution < -0.4 is 14.2 Å². The summed E-state index contributed by atoms with van der Waals surface area (Å²) in [5.74, 6) is 0.217. The minimum atomic E-state index is -0.802. The Morgan fingerprint density at radius 3 is 2.31 bits per heavy atom. The predicted molar refractivity (Wildman–Crippen MR) is 139 cm³/mol. The summed E-state index contributed by atoms with van der Waals surface area (Å²) in [6, 6.07) is 18.7. The normalized spacial score (nSPS) is 16.8. The lowest BCUT2D eigenvalue weighted by Gasteiger charge is -2.25. The molecule has 0 radical (unpaired) electrons. The van der Waals surface area contributed by atoms with Gasteiger partial charge in [-0.1, -0.05) is 34.1 Å². The number of hydrogen-bond acceptors (Lipinski definition) is 6. The van der Waals surface area contributed by atoms with E-state index in [4.69, 9.17) is 14.2 Å². The molecule has 3 aromatic rings. The Bertz CT molecular complexity index is 1320. The van der Waals surface area contributed by atoms with Gasteiger partial charge < -0.3 is 24.2 Å². The van der Waals surface area contributed by atoms with Crippen molar-refractivity contribution in [2.75, 3.05) is 27.4 Å². The van der Waals surface area contributed by atoms with Crippen molar-refractivity contribution in [3.05, 3.63) is 93.5 Å². The largest absolute Gasteiger partial charge is 0.507 e. The maximum Gasteiger partial charge on any atom is 0.295 e. The molecular weight excluding hydrogens is 526 g/mol. The number of benzene rings is 3. The highest BCUT2D eigenvalue weighted by atomic mass is 79.9. The van der Waals surface area contributed by atoms with E-state index in [1.165, 1.54) is 4.90 Å². The molecule has 0 saturated carbocycles. The molecule has 186 valence electrons. The molecule has 1 heterocycles. The van der Waals surface area contributed by atoms with Gasteiger partial charge in [0, 0.05) is 10.0 Å². The minimum Gasteiger partial charge on any atom is -0.507 e. The second kappa shape index (κ2) is 10.9. The number of nitrogens with zero attached hydrogens (tertiary/aromatic N) is 1. The molecule has 1 unspecified atom stereocenters. The van der Waals surface area contributed by atoms with E-state index in [0.29, 0.717) is 28.4 Å². The zero-order chi connectivity index (χ0) is 25.8. The molecule has 1 aliphatic rings. The molecule has 1 N–H and O–H groups in total. The summed E-state index contributed by atoms with van der Waals surface area (Å²) in [6.07, 6.45) is 0. The van der Waals surface area contributed by atoms with Gasteiger partial charge in [-0.3, -0.25) is 9.59 Å². The molecule has 0 aliphatic carbocycles. The number of methoxy groups -OCH3 is 2. The molecule has 0 spiro atoms. The van der Waals surface area contributed by atoms with Crippen molar-refractivity contribution in [1.82, 2.24) is 4.90 Å². The Balaban J connectivity index is 1.70. The quantitative estimate of drug-likeness (QED) is 0.233. The van der Waals surface area contributed by atoms with Crippen LogP contribution in [0.3, 0.4) is 0 Å². The second-order valence-corrected chi connectivity index (χ2v) is 9.11. The van der Waals surface area contributed by atoms with E-state index in [1.54, 1.807) is 80.9 Å². The van der Waals surface area contributed by atoms with Crippen LogP contribution in [0, 0.1) is 6.92 Å². The van der Waals surface area contributed by atoms with Gasteiger partial charge in [-0.25, -0.2) is 0 Å². The van der Waals surface area contributed by atoms with Gasteiger partial charge in [-0.05, 0) is 66.6 Å². The monoisotopic (exact) mass is 551 g/mol. The van der Waals surface area contributed by atoms with Crippen molar-refractivity contribution < 1.29 is 28.9 Å². The van der Waals surface area contributed by atoms with E-state index in [2.05, 4.69) is 15.9 Å². The van der Waals surface area contributed by atoms with Gasteiger partial charge in [0.2, 0.25) is 0 Å². The van der Waals surface area contributed by atoms with Crippen LogP contribution in [0.1, 0.15) is 22.7 Å². The SMILES string of the molecule is COc1ccc(OCCN2C(=O)C(=O)/C(=C(\O)c3ccc(Br)c(C)c3)C2c2cccc(OC)c2)cc1. The molecule has 1 amide bonds. The molecule has 1 atom stereocenters. The summed E-state index contributed by atoms with van der Waals surface area (Å²) in [5.41, 5.74) is 2.02. The highest BCUT2D eigenvalue weighted by Gasteiger charge is 2.46. The summed E-state index contributed by atoms with van der Waals surface area (Å²) in [6.45, 7) is 2.17. The number of amides is 1.